The Morgan fingerprint density at radius 2 is 1.88 bits per heavy atom. The van der Waals surface area contributed by atoms with Crippen LogP contribution in [0.3, 0.4) is 0 Å². The van der Waals surface area contributed by atoms with Gasteiger partial charge in [0.1, 0.15) is 6.54 Å². The molecule has 5 nitrogen and oxygen atoms in total. The molecule has 0 aliphatic carbocycles. The van der Waals surface area contributed by atoms with Gasteiger partial charge in [-0.05, 0) is 37.0 Å². The van der Waals surface area contributed by atoms with Gasteiger partial charge in [-0.3, -0.25) is 9.59 Å². The Bertz CT molecular complexity index is 791. The summed E-state index contributed by atoms with van der Waals surface area (Å²) in [5, 5.41) is 3.04. The van der Waals surface area contributed by atoms with Gasteiger partial charge < -0.3 is 14.6 Å². The van der Waals surface area contributed by atoms with Gasteiger partial charge in [-0.1, -0.05) is 30.3 Å². The molecule has 1 N–H and O–H groups in total. The van der Waals surface area contributed by atoms with E-state index in [0.717, 1.165) is 12.8 Å². The maximum absolute atomic E-state index is 12.4. The van der Waals surface area contributed by atoms with Crippen LogP contribution in [0.5, 0.6) is 0 Å². The molecule has 0 saturated carbocycles. The van der Waals surface area contributed by atoms with E-state index in [0.29, 0.717) is 19.8 Å². The van der Waals surface area contributed by atoms with Gasteiger partial charge in [0.25, 0.3) is 5.56 Å². The van der Waals surface area contributed by atoms with Crippen molar-refractivity contribution in [3.63, 3.8) is 0 Å². The van der Waals surface area contributed by atoms with Crippen molar-refractivity contribution in [2.24, 2.45) is 0 Å². The molecule has 1 aliphatic rings. The lowest BCUT2D eigenvalue weighted by Gasteiger charge is -2.39. The molecule has 1 saturated heterocycles. The van der Waals surface area contributed by atoms with Crippen LogP contribution in [0.25, 0.3) is 0 Å². The Morgan fingerprint density at radius 3 is 2.60 bits per heavy atom. The SMILES string of the molecule is Cc1ccccc1C1(CNC(=O)Cn2ccccc2=O)CCOCC1. The summed E-state index contributed by atoms with van der Waals surface area (Å²) in [6.45, 7) is 4.10. The van der Waals surface area contributed by atoms with Gasteiger partial charge in [-0.25, -0.2) is 0 Å². The number of benzene rings is 1. The Hall–Kier alpha value is -2.40. The minimum atomic E-state index is -0.169. The Morgan fingerprint density at radius 1 is 1.16 bits per heavy atom. The van der Waals surface area contributed by atoms with E-state index in [1.165, 1.54) is 21.8 Å². The zero-order valence-corrected chi connectivity index (χ0v) is 14.5. The van der Waals surface area contributed by atoms with Crippen LogP contribution in [0.4, 0.5) is 0 Å². The highest BCUT2D eigenvalue weighted by atomic mass is 16.5. The highest BCUT2D eigenvalue weighted by molar-refractivity contribution is 5.75. The first-order valence-electron chi connectivity index (χ1n) is 8.67. The van der Waals surface area contributed by atoms with Gasteiger partial charge in [-0.2, -0.15) is 0 Å². The Kier molecular flexibility index (Phi) is 5.34. The molecule has 0 unspecified atom stereocenters. The first-order valence-corrected chi connectivity index (χ1v) is 8.67. The number of nitrogens with one attached hydrogen (secondary N) is 1. The van der Waals surface area contributed by atoms with Crippen molar-refractivity contribution in [1.82, 2.24) is 9.88 Å². The molecule has 1 aromatic carbocycles. The molecule has 0 bridgehead atoms. The molecule has 0 radical (unpaired) electrons. The second kappa shape index (κ2) is 7.66. The van der Waals surface area contributed by atoms with Crippen molar-refractivity contribution in [3.8, 4) is 0 Å². The lowest BCUT2D eigenvalue weighted by Crippen LogP contribution is -2.46. The van der Waals surface area contributed by atoms with Crippen molar-refractivity contribution < 1.29 is 9.53 Å². The largest absolute Gasteiger partial charge is 0.381 e. The lowest BCUT2D eigenvalue weighted by atomic mass is 9.72. The monoisotopic (exact) mass is 340 g/mol. The number of nitrogens with zero attached hydrogens (tertiary/aromatic N) is 1. The number of ether oxygens (including phenoxy) is 1. The van der Waals surface area contributed by atoms with Gasteiger partial charge in [0.05, 0.1) is 0 Å². The minimum absolute atomic E-state index is 0.0417. The summed E-state index contributed by atoms with van der Waals surface area (Å²) in [5.74, 6) is -0.146. The van der Waals surface area contributed by atoms with Crippen LogP contribution in [0.2, 0.25) is 0 Å². The maximum Gasteiger partial charge on any atom is 0.250 e. The maximum atomic E-state index is 12.4. The zero-order chi connectivity index (χ0) is 17.7. The molecular weight excluding hydrogens is 316 g/mol. The minimum Gasteiger partial charge on any atom is -0.381 e. The van der Waals surface area contributed by atoms with Crippen molar-refractivity contribution >= 4 is 5.91 Å². The molecule has 25 heavy (non-hydrogen) atoms. The van der Waals surface area contributed by atoms with Gasteiger partial charge >= 0.3 is 0 Å². The van der Waals surface area contributed by atoms with Crippen LogP contribution in [0.15, 0.2) is 53.5 Å². The molecule has 1 aliphatic heterocycles. The molecule has 5 heteroatoms. The number of pyridine rings is 1. The van der Waals surface area contributed by atoms with Crippen molar-refractivity contribution in [1.29, 1.82) is 0 Å². The third kappa shape index (κ3) is 3.99. The second-order valence-corrected chi connectivity index (χ2v) is 6.65. The molecule has 3 rings (SSSR count). The molecule has 132 valence electrons. The summed E-state index contributed by atoms with van der Waals surface area (Å²) < 4.78 is 6.96. The van der Waals surface area contributed by atoms with E-state index < -0.39 is 0 Å². The molecule has 1 fully saturated rings. The average molecular weight is 340 g/mol. The lowest BCUT2D eigenvalue weighted by molar-refractivity contribution is -0.122. The molecule has 0 atom stereocenters. The fraction of sp³-hybridized carbons (Fsp3) is 0.400. The summed E-state index contributed by atoms with van der Waals surface area (Å²) >= 11 is 0. The van der Waals surface area contributed by atoms with Crippen LogP contribution >= 0.6 is 0 Å². The van der Waals surface area contributed by atoms with E-state index in [1.54, 1.807) is 18.3 Å². The van der Waals surface area contributed by atoms with E-state index in [4.69, 9.17) is 4.74 Å². The fourth-order valence-corrected chi connectivity index (χ4v) is 3.54. The number of hydrogen-bond donors (Lipinski definition) is 1. The molecular formula is C20H24N2O3. The molecule has 2 heterocycles. The quantitative estimate of drug-likeness (QED) is 0.906. The predicted molar refractivity (Wildman–Crippen MR) is 96.6 cm³/mol. The van der Waals surface area contributed by atoms with Crippen LogP contribution in [-0.2, 0) is 21.5 Å². The van der Waals surface area contributed by atoms with Crippen LogP contribution in [0, 0.1) is 6.92 Å². The normalized spacial score (nSPS) is 16.4. The summed E-state index contributed by atoms with van der Waals surface area (Å²) in [5.41, 5.74) is 2.23. The smallest absolute Gasteiger partial charge is 0.250 e. The topological polar surface area (TPSA) is 60.3 Å². The van der Waals surface area contributed by atoms with E-state index >= 15 is 0 Å². The first-order chi connectivity index (χ1) is 12.1. The highest BCUT2D eigenvalue weighted by Crippen LogP contribution is 2.36. The van der Waals surface area contributed by atoms with E-state index in [2.05, 4.69) is 24.4 Å². The summed E-state index contributed by atoms with van der Waals surface area (Å²) in [6.07, 6.45) is 3.39. The number of carbonyl (C=O) groups is 1. The predicted octanol–water partition coefficient (Wildman–Crippen LogP) is 2.02. The van der Waals surface area contributed by atoms with Crippen LogP contribution in [0.1, 0.15) is 24.0 Å². The summed E-state index contributed by atoms with van der Waals surface area (Å²) in [7, 11) is 0. The zero-order valence-electron chi connectivity index (χ0n) is 14.5. The fourth-order valence-electron chi connectivity index (χ4n) is 3.54. The van der Waals surface area contributed by atoms with Crippen molar-refractivity contribution in [2.45, 2.75) is 31.7 Å². The summed E-state index contributed by atoms with van der Waals surface area (Å²) in [6, 6.07) is 13.2. The third-order valence-electron chi connectivity index (χ3n) is 5.00. The number of aromatic nitrogens is 1. The second-order valence-electron chi connectivity index (χ2n) is 6.65. The molecule has 1 amide bonds. The highest BCUT2D eigenvalue weighted by Gasteiger charge is 2.35. The molecule has 0 spiro atoms. The third-order valence-corrected chi connectivity index (χ3v) is 5.00. The number of amides is 1. The number of carbonyl (C=O) groups excluding carboxylic acids is 1. The van der Waals surface area contributed by atoms with Gasteiger partial charge in [0.2, 0.25) is 5.91 Å². The summed E-state index contributed by atoms with van der Waals surface area (Å²) in [4.78, 5) is 24.1. The Balaban J connectivity index is 1.73. The Labute approximate surface area is 147 Å². The average Bonchev–Trinajstić information content (AvgIpc) is 2.63. The molecule has 1 aromatic heterocycles. The van der Waals surface area contributed by atoms with Crippen LogP contribution < -0.4 is 10.9 Å². The van der Waals surface area contributed by atoms with Crippen molar-refractivity contribution in [3.05, 3.63) is 70.1 Å². The van der Waals surface area contributed by atoms with Crippen molar-refractivity contribution in [2.75, 3.05) is 19.8 Å². The number of rotatable bonds is 5. The number of hydrogen-bond acceptors (Lipinski definition) is 3. The van der Waals surface area contributed by atoms with E-state index in [9.17, 15) is 9.59 Å². The van der Waals surface area contributed by atoms with Gasteiger partial charge in [0.15, 0.2) is 0 Å². The molecule has 2 aromatic rings. The van der Waals surface area contributed by atoms with Crippen LogP contribution in [-0.4, -0.2) is 30.2 Å². The number of aryl methyl sites for hydroxylation is 1. The van der Waals surface area contributed by atoms with E-state index in [1.807, 2.05) is 12.1 Å². The van der Waals surface area contributed by atoms with E-state index in [-0.39, 0.29) is 23.4 Å². The standard InChI is InChI=1S/C20H24N2O3/c1-16-6-2-3-7-17(16)20(9-12-25-13-10-20)15-21-18(23)14-22-11-5-4-8-19(22)24/h2-8,11H,9-10,12-15H2,1H3,(H,21,23). The van der Waals surface area contributed by atoms with Gasteiger partial charge in [0, 0.05) is 37.4 Å². The van der Waals surface area contributed by atoms with Gasteiger partial charge in [-0.15, -0.1) is 0 Å². The first kappa shape index (κ1) is 17.4.